The molecule has 0 spiro atoms. The first-order chi connectivity index (χ1) is 6.77. The van der Waals surface area contributed by atoms with Crippen molar-refractivity contribution in [1.29, 1.82) is 0 Å². The highest BCUT2D eigenvalue weighted by molar-refractivity contribution is 6.37. The predicted molar refractivity (Wildman–Crippen MR) is 59.2 cm³/mol. The van der Waals surface area contributed by atoms with Crippen molar-refractivity contribution < 1.29 is 4.74 Å². The van der Waals surface area contributed by atoms with Crippen LogP contribution in [0.25, 0.3) is 10.9 Å². The number of aromatic nitrogens is 1. The van der Waals surface area contributed by atoms with Gasteiger partial charge in [0.2, 0.25) is 0 Å². The molecule has 0 saturated heterocycles. The molecule has 2 nitrogen and oxygen atoms in total. The second-order valence-corrected chi connectivity index (χ2v) is 3.55. The van der Waals surface area contributed by atoms with Crippen molar-refractivity contribution in [3.05, 3.63) is 28.9 Å². The quantitative estimate of drug-likeness (QED) is 0.806. The van der Waals surface area contributed by atoms with Crippen molar-refractivity contribution in [3.63, 3.8) is 0 Å². The van der Waals surface area contributed by atoms with Crippen LogP contribution in [0.2, 0.25) is 5.02 Å². The monoisotopic (exact) mass is 209 g/mol. The molecule has 0 aliphatic rings. The van der Waals surface area contributed by atoms with E-state index in [1.807, 2.05) is 18.3 Å². The number of aryl methyl sites for hydroxylation is 1. The van der Waals surface area contributed by atoms with Gasteiger partial charge in [-0.3, -0.25) is 0 Å². The molecule has 0 bridgehead atoms. The molecule has 1 aromatic carbocycles. The van der Waals surface area contributed by atoms with Crippen LogP contribution in [-0.2, 0) is 6.42 Å². The van der Waals surface area contributed by atoms with Crippen LogP contribution >= 0.6 is 11.6 Å². The van der Waals surface area contributed by atoms with Gasteiger partial charge in [-0.25, -0.2) is 0 Å². The Labute approximate surface area is 87.8 Å². The lowest BCUT2D eigenvalue weighted by molar-refractivity contribution is 0.415. The first kappa shape index (κ1) is 9.41. The number of methoxy groups -OCH3 is 1. The summed E-state index contributed by atoms with van der Waals surface area (Å²) in [5, 5.41) is 1.77. The van der Waals surface area contributed by atoms with E-state index in [4.69, 9.17) is 16.3 Å². The number of fused-ring (bicyclic) bond motifs is 1. The largest absolute Gasteiger partial charge is 0.495 e. The third-order valence-electron chi connectivity index (χ3n) is 2.43. The van der Waals surface area contributed by atoms with E-state index >= 15 is 0 Å². The van der Waals surface area contributed by atoms with Crippen LogP contribution in [0.5, 0.6) is 5.75 Å². The number of halogens is 1. The van der Waals surface area contributed by atoms with Crippen LogP contribution in [0.15, 0.2) is 18.3 Å². The van der Waals surface area contributed by atoms with Gasteiger partial charge >= 0.3 is 0 Å². The van der Waals surface area contributed by atoms with Crippen LogP contribution in [0, 0.1) is 0 Å². The zero-order chi connectivity index (χ0) is 10.1. The minimum absolute atomic E-state index is 0.697. The molecule has 0 atom stereocenters. The van der Waals surface area contributed by atoms with Crippen LogP contribution in [0.4, 0.5) is 0 Å². The van der Waals surface area contributed by atoms with Crippen molar-refractivity contribution in [3.8, 4) is 5.75 Å². The molecular formula is C11H12ClNO. The fourth-order valence-electron chi connectivity index (χ4n) is 1.66. The number of rotatable bonds is 2. The summed E-state index contributed by atoms with van der Waals surface area (Å²) in [6.45, 7) is 2.11. The number of nitrogens with one attached hydrogen (secondary N) is 1. The van der Waals surface area contributed by atoms with Crippen molar-refractivity contribution >= 4 is 22.5 Å². The molecular weight excluding hydrogens is 198 g/mol. The number of benzene rings is 1. The highest BCUT2D eigenvalue weighted by Crippen LogP contribution is 2.34. The molecule has 0 fully saturated rings. The predicted octanol–water partition coefficient (Wildman–Crippen LogP) is 3.39. The Morgan fingerprint density at radius 3 is 2.86 bits per heavy atom. The fourth-order valence-corrected chi connectivity index (χ4v) is 2.03. The van der Waals surface area contributed by atoms with Gasteiger partial charge in [-0.05, 0) is 24.1 Å². The zero-order valence-corrected chi connectivity index (χ0v) is 8.98. The summed E-state index contributed by atoms with van der Waals surface area (Å²) in [5.41, 5.74) is 2.29. The van der Waals surface area contributed by atoms with Gasteiger partial charge in [0, 0.05) is 17.1 Å². The zero-order valence-electron chi connectivity index (χ0n) is 8.23. The van der Waals surface area contributed by atoms with Crippen LogP contribution in [0.3, 0.4) is 0 Å². The Morgan fingerprint density at radius 1 is 1.43 bits per heavy atom. The number of H-pyrrole nitrogens is 1. The molecule has 3 heteroatoms. The number of aromatic amines is 1. The number of hydrogen-bond donors (Lipinski definition) is 1. The maximum atomic E-state index is 6.22. The SMILES string of the molecule is CCc1c[nH]c2ccc(OC)c(Cl)c12. The molecule has 74 valence electrons. The fraction of sp³-hybridized carbons (Fsp3) is 0.273. The molecule has 0 radical (unpaired) electrons. The molecule has 0 aliphatic carbocycles. The maximum absolute atomic E-state index is 6.22. The van der Waals surface area contributed by atoms with E-state index in [9.17, 15) is 0 Å². The first-order valence-corrected chi connectivity index (χ1v) is 4.98. The highest BCUT2D eigenvalue weighted by atomic mass is 35.5. The summed E-state index contributed by atoms with van der Waals surface area (Å²) in [4.78, 5) is 3.19. The second-order valence-electron chi connectivity index (χ2n) is 3.17. The van der Waals surface area contributed by atoms with Gasteiger partial charge in [-0.15, -0.1) is 0 Å². The first-order valence-electron chi connectivity index (χ1n) is 4.60. The highest BCUT2D eigenvalue weighted by Gasteiger charge is 2.10. The molecule has 2 aromatic rings. The van der Waals surface area contributed by atoms with Crippen LogP contribution in [0.1, 0.15) is 12.5 Å². The second kappa shape index (κ2) is 3.54. The van der Waals surface area contributed by atoms with Crippen LogP contribution in [-0.4, -0.2) is 12.1 Å². The minimum Gasteiger partial charge on any atom is -0.495 e. The lowest BCUT2D eigenvalue weighted by Crippen LogP contribution is -1.85. The average Bonchev–Trinajstić information content (AvgIpc) is 2.62. The maximum Gasteiger partial charge on any atom is 0.138 e. The Bertz CT molecular complexity index is 462. The van der Waals surface area contributed by atoms with Gasteiger partial charge in [0.05, 0.1) is 12.1 Å². The van der Waals surface area contributed by atoms with E-state index in [1.165, 1.54) is 5.56 Å². The molecule has 0 amide bonds. The summed E-state index contributed by atoms with van der Waals surface area (Å²) in [7, 11) is 1.63. The summed E-state index contributed by atoms with van der Waals surface area (Å²) in [6, 6.07) is 3.86. The standard InChI is InChI=1S/C11H12ClNO/c1-3-7-6-13-8-4-5-9(14-2)11(12)10(7)8/h4-6,13H,3H2,1-2H3. The Kier molecular flexibility index (Phi) is 2.38. The Balaban J connectivity index is 2.77. The molecule has 1 N–H and O–H groups in total. The van der Waals surface area contributed by atoms with E-state index in [2.05, 4.69) is 11.9 Å². The minimum atomic E-state index is 0.697. The summed E-state index contributed by atoms with van der Waals surface area (Å²) >= 11 is 6.22. The van der Waals surface area contributed by atoms with Gasteiger partial charge in [0.1, 0.15) is 5.75 Å². The van der Waals surface area contributed by atoms with Gasteiger partial charge in [0.25, 0.3) is 0 Å². The lowest BCUT2D eigenvalue weighted by Gasteiger charge is -2.04. The Morgan fingerprint density at radius 2 is 2.21 bits per heavy atom. The third kappa shape index (κ3) is 1.26. The van der Waals surface area contributed by atoms with E-state index in [0.29, 0.717) is 5.02 Å². The van der Waals surface area contributed by atoms with E-state index in [-0.39, 0.29) is 0 Å². The molecule has 0 aliphatic heterocycles. The lowest BCUT2D eigenvalue weighted by atomic mass is 10.1. The van der Waals surface area contributed by atoms with Crippen molar-refractivity contribution in [2.24, 2.45) is 0 Å². The summed E-state index contributed by atoms with van der Waals surface area (Å²) in [6.07, 6.45) is 2.96. The van der Waals surface area contributed by atoms with E-state index in [0.717, 1.165) is 23.1 Å². The molecule has 0 saturated carbocycles. The topological polar surface area (TPSA) is 25.0 Å². The van der Waals surface area contributed by atoms with Crippen LogP contribution < -0.4 is 4.74 Å². The average molecular weight is 210 g/mol. The number of hydrogen-bond acceptors (Lipinski definition) is 1. The van der Waals surface area contributed by atoms with Gasteiger partial charge in [-0.1, -0.05) is 18.5 Å². The van der Waals surface area contributed by atoms with Crippen molar-refractivity contribution in [2.45, 2.75) is 13.3 Å². The van der Waals surface area contributed by atoms with Crippen molar-refractivity contribution in [1.82, 2.24) is 4.98 Å². The third-order valence-corrected chi connectivity index (χ3v) is 2.81. The molecule has 1 heterocycles. The summed E-state index contributed by atoms with van der Waals surface area (Å²) in [5.74, 6) is 0.730. The summed E-state index contributed by atoms with van der Waals surface area (Å²) < 4.78 is 5.18. The molecule has 1 aromatic heterocycles. The molecule has 2 rings (SSSR count). The molecule has 14 heavy (non-hydrogen) atoms. The smallest absolute Gasteiger partial charge is 0.138 e. The van der Waals surface area contributed by atoms with Gasteiger partial charge in [-0.2, -0.15) is 0 Å². The van der Waals surface area contributed by atoms with Crippen molar-refractivity contribution in [2.75, 3.05) is 7.11 Å². The number of ether oxygens (including phenoxy) is 1. The Hall–Kier alpha value is -1.15. The van der Waals surface area contributed by atoms with E-state index < -0.39 is 0 Å². The normalized spacial score (nSPS) is 10.8. The van der Waals surface area contributed by atoms with Gasteiger partial charge in [0.15, 0.2) is 0 Å². The van der Waals surface area contributed by atoms with E-state index in [1.54, 1.807) is 7.11 Å². The van der Waals surface area contributed by atoms with Gasteiger partial charge < -0.3 is 9.72 Å². The molecule has 0 unspecified atom stereocenters.